The van der Waals surface area contributed by atoms with Crippen LogP contribution in [-0.2, 0) is 26.1 Å². The van der Waals surface area contributed by atoms with Gasteiger partial charge in [-0.15, -0.1) is 0 Å². The minimum absolute atomic E-state index is 0.154. The first-order valence-electron chi connectivity index (χ1n) is 7.54. The first kappa shape index (κ1) is 20.8. The molecule has 9 heteroatoms. The number of hydrogen-bond acceptors (Lipinski definition) is 6. The number of rotatable bonds is 7. The Morgan fingerprint density at radius 3 is 2.20 bits per heavy atom. The van der Waals surface area contributed by atoms with E-state index < -0.39 is 33.8 Å². The Hall–Kier alpha value is -2.29. The predicted octanol–water partition coefficient (Wildman–Crippen LogP) is 1.94. The molecule has 1 rings (SSSR count). The summed E-state index contributed by atoms with van der Waals surface area (Å²) >= 11 is 0. The van der Waals surface area contributed by atoms with Crippen molar-refractivity contribution in [2.45, 2.75) is 45.3 Å². The molecule has 0 saturated heterocycles. The van der Waals surface area contributed by atoms with Crippen molar-refractivity contribution in [3.8, 4) is 5.75 Å². The highest BCUT2D eigenvalue weighted by Gasteiger charge is 2.21. The van der Waals surface area contributed by atoms with Crippen LogP contribution in [-0.4, -0.2) is 43.5 Å². The molecule has 1 aromatic carbocycles. The lowest BCUT2D eigenvalue weighted by molar-refractivity contribution is -0.137. The number of nitrogens with one attached hydrogen (secondary N) is 1. The number of carboxylic acid groups (broad SMARTS) is 1. The second-order valence-corrected chi connectivity index (χ2v) is 8.15. The van der Waals surface area contributed by atoms with Crippen LogP contribution in [0.1, 0.15) is 32.8 Å². The fourth-order valence-electron chi connectivity index (χ4n) is 2.00. The third kappa shape index (κ3) is 9.55. The van der Waals surface area contributed by atoms with E-state index in [4.69, 9.17) is 14.0 Å². The number of amides is 1. The third-order valence-corrected chi connectivity index (χ3v) is 3.29. The summed E-state index contributed by atoms with van der Waals surface area (Å²) in [5, 5.41) is 11.5. The average Bonchev–Trinajstić information content (AvgIpc) is 2.36. The van der Waals surface area contributed by atoms with E-state index in [9.17, 15) is 18.0 Å². The minimum atomic E-state index is -3.61. The third-order valence-electron chi connectivity index (χ3n) is 2.79. The molecule has 25 heavy (non-hydrogen) atoms. The van der Waals surface area contributed by atoms with Gasteiger partial charge in [0.15, 0.2) is 0 Å². The summed E-state index contributed by atoms with van der Waals surface area (Å²) in [4.78, 5) is 22.8. The highest BCUT2D eigenvalue weighted by molar-refractivity contribution is 7.86. The van der Waals surface area contributed by atoms with Gasteiger partial charge in [0.1, 0.15) is 11.4 Å². The lowest BCUT2D eigenvalue weighted by Crippen LogP contribution is -2.41. The average molecular weight is 373 g/mol. The zero-order chi connectivity index (χ0) is 19.3. The van der Waals surface area contributed by atoms with Crippen LogP contribution in [0.3, 0.4) is 0 Å². The molecule has 1 atom stereocenters. The van der Waals surface area contributed by atoms with Crippen molar-refractivity contribution in [3.05, 3.63) is 29.8 Å². The van der Waals surface area contributed by atoms with Crippen LogP contribution in [0.25, 0.3) is 0 Å². The van der Waals surface area contributed by atoms with Gasteiger partial charge in [-0.3, -0.25) is 4.79 Å². The molecule has 8 nitrogen and oxygen atoms in total. The van der Waals surface area contributed by atoms with Crippen LogP contribution in [0, 0.1) is 0 Å². The first-order valence-corrected chi connectivity index (χ1v) is 9.35. The maximum absolute atomic E-state index is 11.8. The van der Waals surface area contributed by atoms with Gasteiger partial charge in [-0.2, -0.15) is 8.42 Å². The number of carboxylic acids is 1. The molecule has 0 aromatic heterocycles. The van der Waals surface area contributed by atoms with Crippen LogP contribution >= 0.6 is 0 Å². The maximum Gasteiger partial charge on any atom is 0.407 e. The summed E-state index contributed by atoms with van der Waals surface area (Å²) in [6.45, 7) is 5.12. The zero-order valence-corrected chi connectivity index (χ0v) is 15.4. The van der Waals surface area contributed by atoms with E-state index in [0.29, 0.717) is 5.56 Å². The van der Waals surface area contributed by atoms with E-state index in [1.807, 2.05) is 0 Å². The summed E-state index contributed by atoms with van der Waals surface area (Å²) in [6.07, 6.45) is 0.205. The predicted molar refractivity (Wildman–Crippen MR) is 91.0 cm³/mol. The van der Waals surface area contributed by atoms with Crippen molar-refractivity contribution < 1.29 is 32.0 Å². The van der Waals surface area contributed by atoms with Gasteiger partial charge in [-0.25, -0.2) is 4.79 Å². The lowest BCUT2D eigenvalue weighted by Gasteiger charge is -2.23. The molecule has 1 amide bonds. The van der Waals surface area contributed by atoms with Gasteiger partial charge in [0, 0.05) is 6.04 Å². The monoisotopic (exact) mass is 373 g/mol. The molecular weight excluding hydrogens is 350 g/mol. The van der Waals surface area contributed by atoms with Crippen molar-refractivity contribution in [3.63, 3.8) is 0 Å². The molecule has 1 aromatic rings. The summed E-state index contributed by atoms with van der Waals surface area (Å²) in [7, 11) is -3.61. The summed E-state index contributed by atoms with van der Waals surface area (Å²) < 4.78 is 32.0. The summed E-state index contributed by atoms with van der Waals surface area (Å²) in [6, 6.07) is 5.45. The van der Waals surface area contributed by atoms with Crippen LogP contribution in [0.2, 0.25) is 0 Å². The molecule has 2 N–H and O–H groups in total. The Balaban J connectivity index is 2.77. The molecule has 0 radical (unpaired) electrons. The molecule has 1 unspecified atom stereocenters. The number of carbonyl (C=O) groups excluding carboxylic acids is 1. The van der Waals surface area contributed by atoms with Crippen molar-refractivity contribution in [2.24, 2.45) is 0 Å². The molecule has 140 valence electrons. The molecule has 0 aliphatic heterocycles. The molecule has 0 bridgehead atoms. The molecule has 0 aliphatic carbocycles. The fraction of sp³-hybridized carbons (Fsp3) is 0.500. The molecule has 0 aliphatic rings. The van der Waals surface area contributed by atoms with Gasteiger partial charge in [-0.05, 0) is 44.9 Å². The number of alkyl carbamates (subject to hydrolysis) is 1. The van der Waals surface area contributed by atoms with Crippen molar-refractivity contribution in [2.75, 3.05) is 6.26 Å². The number of benzene rings is 1. The molecule has 0 saturated carbocycles. The number of ether oxygens (including phenoxy) is 1. The normalized spacial score (nSPS) is 13.0. The smallest absolute Gasteiger partial charge is 0.407 e. The Kier molecular flexibility index (Phi) is 6.80. The van der Waals surface area contributed by atoms with Gasteiger partial charge < -0.3 is 19.3 Å². The SMILES string of the molecule is CC(C)(C)OC(=O)NC(CC(=O)O)Cc1ccc(OS(C)(=O)=O)cc1. The Morgan fingerprint density at radius 2 is 1.76 bits per heavy atom. The van der Waals surface area contributed by atoms with Gasteiger partial charge in [0.05, 0.1) is 12.7 Å². The number of hydrogen-bond donors (Lipinski definition) is 2. The van der Waals surface area contributed by atoms with Gasteiger partial charge >= 0.3 is 22.2 Å². The van der Waals surface area contributed by atoms with Gasteiger partial charge in [0.2, 0.25) is 0 Å². The summed E-state index contributed by atoms with van der Waals surface area (Å²) in [5.74, 6) is -0.903. The van der Waals surface area contributed by atoms with E-state index in [-0.39, 0.29) is 18.6 Å². The molecule has 0 fully saturated rings. The standard InChI is InChI=1S/C16H23NO7S/c1-16(2,3)23-15(20)17-12(10-14(18)19)9-11-5-7-13(8-6-11)24-25(4,21)22/h5-8,12H,9-10H2,1-4H3,(H,17,20)(H,18,19). The molecular formula is C16H23NO7S. The Labute approximate surface area is 147 Å². The highest BCUT2D eigenvalue weighted by Crippen LogP contribution is 2.16. The second kappa shape index (κ2) is 8.19. The second-order valence-electron chi connectivity index (χ2n) is 6.58. The summed E-state index contributed by atoms with van der Waals surface area (Å²) in [5.41, 5.74) is 0.0193. The van der Waals surface area contributed by atoms with Crippen LogP contribution < -0.4 is 9.50 Å². The largest absolute Gasteiger partial charge is 0.481 e. The van der Waals surface area contributed by atoms with Crippen LogP contribution in [0.4, 0.5) is 4.79 Å². The van der Waals surface area contributed by atoms with Gasteiger partial charge in [-0.1, -0.05) is 12.1 Å². The van der Waals surface area contributed by atoms with Crippen LogP contribution in [0.5, 0.6) is 5.75 Å². The lowest BCUT2D eigenvalue weighted by atomic mass is 10.0. The molecule has 0 heterocycles. The quantitative estimate of drug-likeness (QED) is 0.701. The number of aliphatic carboxylic acids is 1. The van der Waals surface area contributed by atoms with Crippen LogP contribution in [0.15, 0.2) is 24.3 Å². The van der Waals surface area contributed by atoms with E-state index >= 15 is 0 Å². The fourth-order valence-corrected chi connectivity index (χ4v) is 2.46. The van der Waals surface area contributed by atoms with Crippen molar-refractivity contribution in [1.29, 1.82) is 0 Å². The van der Waals surface area contributed by atoms with E-state index in [1.165, 1.54) is 12.1 Å². The zero-order valence-electron chi connectivity index (χ0n) is 14.6. The highest BCUT2D eigenvalue weighted by atomic mass is 32.2. The van der Waals surface area contributed by atoms with Crippen molar-refractivity contribution in [1.82, 2.24) is 5.32 Å². The van der Waals surface area contributed by atoms with Gasteiger partial charge in [0.25, 0.3) is 0 Å². The first-order chi connectivity index (χ1) is 11.3. The minimum Gasteiger partial charge on any atom is -0.481 e. The number of carbonyl (C=O) groups is 2. The van der Waals surface area contributed by atoms with E-state index in [1.54, 1.807) is 32.9 Å². The Bertz CT molecular complexity index is 705. The topological polar surface area (TPSA) is 119 Å². The van der Waals surface area contributed by atoms with Crippen molar-refractivity contribution >= 4 is 22.2 Å². The molecule has 0 spiro atoms. The van der Waals surface area contributed by atoms with E-state index in [0.717, 1.165) is 6.26 Å². The van der Waals surface area contributed by atoms with E-state index in [2.05, 4.69) is 5.32 Å². The Morgan fingerprint density at radius 1 is 1.20 bits per heavy atom. The maximum atomic E-state index is 11.8.